The van der Waals surface area contributed by atoms with E-state index in [0.717, 1.165) is 10.4 Å². The number of aliphatic hydroxyl groups is 1. The maximum Gasteiger partial charge on any atom is 0.137 e. The monoisotopic (exact) mass is 245 g/mol. The van der Waals surface area contributed by atoms with Crippen molar-refractivity contribution in [2.75, 3.05) is 6.61 Å². The summed E-state index contributed by atoms with van der Waals surface area (Å²) in [6, 6.07) is 3.65. The van der Waals surface area contributed by atoms with Crippen molar-refractivity contribution in [1.29, 1.82) is 0 Å². The van der Waals surface area contributed by atoms with Crippen LogP contribution in [0.4, 0.5) is 0 Å². The summed E-state index contributed by atoms with van der Waals surface area (Å²) in [5, 5.41) is 8.97. The van der Waals surface area contributed by atoms with Crippen LogP contribution in [0.2, 0.25) is 0 Å². The van der Waals surface area contributed by atoms with Crippen molar-refractivity contribution >= 4 is 15.9 Å². The van der Waals surface area contributed by atoms with E-state index >= 15 is 0 Å². The Morgan fingerprint density at radius 1 is 1.62 bits per heavy atom. The summed E-state index contributed by atoms with van der Waals surface area (Å²) in [6.45, 7) is 2.25. The number of halogens is 1. The number of ether oxygens (including phenoxy) is 1. The van der Waals surface area contributed by atoms with Crippen molar-refractivity contribution in [3.05, 3.63) is 22.9 Å². The maximum atomic E-state index is 8.97. The molecule has 0 aliphatic heterocycles. The van der Waals surface area contributed by atoms with Crippen LogP contribution in [0.15, 0.2) is 22.9 Å². The van der Waals surface area contributed by atoms with E-state index < -0.39 is 0 Å². The van der Waals surface area contributed by atoms with E-state index in [2.05, 4.69) is 20.9 Å². The third-order valence-corrected chi connectivity index (χ3v) is 1.97. The smallest absolute Gasteiger partial charge is 0.137 e. The SMILES string of the molecule is CC(O)CCOc1ccc(Br)nc1. The molecular weight excluding hydrogens is 234 g/mol. The molecule has 0 radical (unpaired) electrons. The minimum absolute atomic E-state index is 0.316. The summed E-state index contributed by atoms with van der Waals surface area (Å²) in [6.07, 6.45) is 1.96. The molecule has 13 heavy (non-hydrogen) atoms. The van der Waals surface area contributed by atoms with Gasteiger partial charge in [-0.3, -0.25) is 0 Å². The Morgan fingerprint density at radius 2 is 2.38 bits per heavy atom. The average molecular weight is 246 g/mol. The van der Waals surface area contributed by atoms with Crippen LogP contribution in [0.3, 0.4) is 0 Å². The molecule has 1 atom stereocenters. The van der Waals surface area contributed by atoms with Crippen molar-refractivity contribution in [2.24, 2.45) is 0 Å². The van der Waals surface area contributed by atoms with Crippen molar-refractivity contribution in [2.45, 2.75) is 19.4 Å². The minimum Gasteiger partial charge on any atom is -0.492 e. The van der Waals surface area contributed by atoms with Crippen molar-refractivity contribution in [1.82, 2.24) is 4.98 Å². The number of hydrogen-bond acceptors (Lipinski definition) is 3. The van der Waals surface area contributed by atoms with Gasteiger partial charge in [-0.2, -0.15) is 0 Å². The van der Waals surface area contributed by atoms with Crippen molar-refractivity contribution < 1.29 is 9.84 Å². The second-order valence-electron chi connectivity index (χ2n) is 2.80. The van der Waals surface area contributed by atoms with E-state index in [1.807, 2.05) is 12.1 Å². The number of pyridine rings is 1. The lowest BCUT2D eigenvalue weighted by Gasteiger charge is -2.06. The molecule has 3 nitrogen and oxygen atoms in total. The van der Waals surface area contributed by atoms with Gasteiger partial charge in [0.05, 0.1) is 18.9 Å². The molecule has 0 spiro atoms. The van der Waals surface area contributed by atoms with Gasteiger partial charge in [-0.05, 0) is 35.0 Å². The van der Waals surface area contributed by atoms with Crippen LogP contribution >= 0.6 is 15.9 Å². The van der Waals surface area contributed by atoms with Gasteiger partial charge in [-0.15, -0.1) is 0 Å². The minimum atomic E-state index is -0.316. The number of rotatable bonds is 4. The molecule has 0 saturated carbocycles. The van der Waals surface area contributed by atoms with Gasteiger partial charge >= 0.3 is 0 Å². The fraction of sp³-hybridized carbons (Fsp3) is 0.444. The largest absolute Gasteiger partial charge is 0.492 e. The van der Waals surface area contributed by atoms with E-state index in [1.54, 1.807) is 13.1 Å². The van der Waals surface area contributed by atoms with Crippen LogP contribution < -0.4 is 4.74 Å². The number of hydrogen-bond donors (Lipinski definition) is 1. The van der Waals surface area contributed by atoms with Crippen molar-refractivity contribution in [3.8, 4) is 5.75 Å². The van der Waals surface area contributed by atoms with Crippen LogP contribution in [-0.4, -0.2) is 22.8 Å². The number of nitrogens with zero attached hydrogens (tertiary/aromatic N) is 1. The second kappa shape index (κ2) is 5.19. The van der Waals surface area contributed by atoms with Gasteiger partial charge < -0.3 is 9.84 Å². The molecule has 1 aromatic heterocycles. The van der Waals surface area contributed by atoms with E-state index in [4.69, 9.17) is 9.84 Å². The number of aromatic nitrogens is 1. The maximum absolute atomic E-state index is 8.97. The first-order valence-corrected chi connectivity index (χ1v) is 4.90. The lowest BCUT2D eigenvalue weighted by molar-refractivity contribution is 0.155. The Hall–Kier alpha value is -0.610. The molecule has 0 aromatic carbocycles. The Balaban J connectivity index is 2.33. The van der Waals surface area contributed by atoms with E-state index in [0.29, 0.717) is 13.0 Å². The summed E-state index contributed by atoms with van der Waals surface area (Å²) in [4.78, 5) is 4.01. The Bertz CT molecular complexity index is 248. The fourth-order valence-electron chi connectivity index (χ4n) is 0.795. The van der Waals surface area contributed by atoms with Gasteiger partial charge in [0.25, 0.3) is 0 Å². The molecule has 1 aromatic rings. The zero-order valence-electron chi connectivity index (χ0n) is 7.40. The summed E-state index contributed by atoms with van der Waals surface area (Å²) < 4.78 is 6.12. The van der Waals surface area contributed by atoms with Crippen LogP contribution in [0, 0.1) is 0 Å². The normalized spacial score (nSPS) is 12.5. The highest BCUT2D eigenvalue weighted by molar-refractivity contribution is 9.10. The first kappa shape index (κ1) is 10.5. The lowest BCUT2D eigenvalue weighted by Crippen LogP contribution is -2.07. The zero-order chi connectivity index (χ0) is 9.68. The molecule has 4 heteroatoms. The van der Waals surface area contributed by atoms with E-state index in [1.165, 1.54) is 0 Å². The third-order valence-electron chi connectivity index (χ3n) is 1.50. The van der Waals surface area contributed by atoms with Crippen LogP contribution in [0.1, 0.15) is 13.3 Å². The molecular formula is C9H12BrNO2. The molecule has 0 aliphatic carbocycles. The van der Waals surface area contributed by atoms with Gasteiger partial charge in [0.15, 0.2) is 0 Å². The second-order valence-corrected chi connectivity index (χ2v) is 3.62. The molecule has 1 N–H and O–H groups in total. The predicted octanol–water partition coefficient (Wildman–Crippen LogP) is 1.99. The van der Waals surface area contributed by atoms with E-state index in [9.17, 15) is 0 Å². The Morgan fingerprint density at radius 3 is 2.92 bits per heavy atom. The summed E-state index contributed by atoms with van der Waals surface area (Å²) in [5.41, 5.74) is 0. The Labute approximate surface area is 85.9 Å². The highest BCUT2D eigenvalue weighted by atomic mass is 79.9. The number of aliphatic hydroxyl groups excluding tert-OH is 1. The topological polar surface area (TPSA) is 42.4 Å². The molecule has 0 fully saturated rings. The molecule has 0 amide bonds. The molecule has 1 heterocycles. The summed E-state index contributed by atoms with van der Waals surface area (Å²) in [5.74, 6) is 0.726. The van der Waals surface area contributed by atoms with E-state index in [-0.39, 0.29) is 6.10 Å². The van der Waals surface area contributed by atoms with Gasteiger partial charge in [0.2, 0.25) is 0 Å². The molecule has 72 valence electrons. The highest BCUT2D eigenvalue weighted by Gasteiger charge is 1.97. The van der Waals surface area contributed by atoms with Gasteiger partial charge in [0, 0.05) is 6.42 Å². The third kappa shape index (κ3) is 4.24. The first-order chi connectivity index (χ1) is 6.18. The molecule has 1 rings (SSSR count). The van der Waals surface area contributed by atoms with Gasteiger partial charge in [-0.25, -0.2) is 4.98 Å². The lowest BCUT2D eigenvalue weighted by atomic mass is 10.3. The fourth-order valence-corrected chi connectivity index (χ4v) is 1.03. The Kier molecular flexibility index (Phi) is 4.18. The quantitative estimate of drug-likeness (QED) is 0.826. The molecule has 0 bridgehead atoms. The zero-order valence-corrected chi connectivity index (χ0v) is 8.99. The van der Waals surface area contributed by atoms with Crippen LogP contribution in [0.25, 0.3) is 0 Å². The van der Waals surface area contributed by atoms with Crippen molar-refractivity contribution in [3.63, 3.8) is 0 Å². The molecule has 1 unspecified atom stereocenters. The van der Waals surface area contributed by atoms with Crippen LogP contribution in [0.5, 0.6) is 5.75 Å². The highest BCUT2D eigenvalue weighted by Crippen LogP contribution is 2.12. The molecule has 0 aliphatic rings. The first-order valence-electron chi connectivity index (χ1n) is 4.11. The average Bonchev–Trinajstić information content (AvgIpc) is 2.08. The summed E-state index contributed by atoms with van der Waals surface area (Å²) >= 11 is 3.23. The standard InChI is InChI=1S/C9H12BrNO2/c1-7(12)4-5-13-8-2-3-9(10)11-6-8/h2-3,6-7,12H,4-5H2,1H3. The summed E-state index contributed by atoms with van der Waals surface area (Å²) in [7, 11) is 0. The van der Waals surface area contributed by atoms with Gasteiger partial charge in [0.1, 0.15) is 10.4 Å². The van der Waals surface area contributed by atoms with Crippen LogP contribution in [-0.2, 0) is 0 Å². The van der Waals surface area contributed by atoms with Gasteiger partial charge in [-0.1, -0.05) is 0 Å². The predicted molar refractivity (Wildman–Crippen MR) is 53.7 cm³/mol. The molecule has 0 saturated heterocycles.